The smallest absolute Gasteiger partial charge is 0.140 e. The van der Waals surface area contributed by atoms with E-state index in [2.05, 4.69) is 26.9 Å². The van der Waals surface area contributed by atoms with Crippen LogP contribution in [0.25, 0.3) is 0 Å². The summed E-state index contributed by atoms with van der Waals surface area (Å²) < 4.78 is 5.99. The van der Waals surface area contributed by atoms with Crippen molar-refractivity contribution < 1.29 is 4.74 Å². The van der Waals surface area contributed by atoms with Crippen molar-refractivity contribution in [1.29, 1.82) is 5.41 Å². The number of thiophene rings is 1. The zero-order valence-electron chi connectivity index (χ0n) is 16.8. The molecule has 2 heterocycles. The standard InChI is InChI=1S/C21H31N5OS/c1-16(2)27-19-6-5-18(25-21(22)20-4-3-13-28-20)14-17(19)15-24-9-12-26-10-7-23-8-11-26/h3-6,13-14,16,23-24H,7-12,15H2,1-2H3,(H2,22,25). The molecule has 1 aromatic carbocycles. The lowest BCUT2D eigenvalue weighted by atomic mass is 10.1. The van der Waals surface area contributed by atoms with E-state index in [0.29, 0.717) is 5.84 Å². The molecule has 3 rings (SSSR count). The molecule has 7 heteroatoms. The molecule has 1 aliphatic heterocycles. The number of rotatable bonds is 9. The van der Waals surface area contributed by atoms with Crippen LogP contribution in [0.3, 0.4) is 0 Å². The average molecular weight is 402 g/mol. The first kappa shape index (κ1) is 20.8. The first-order valence-electron chi connectivity index (χ1n) is 9.94. The minimum absolute atomic E-state index is 0.128. The third-order valence-electron chi connectivity index (χ3n) is 4.59. The highest BCUT2D eigenvalue weighted by Crippen LogP contribution is 2.25. The predicted molar refractivity (Wildman–Crippen MR) is 118 cm³/mol. The molecule has 4 N–H and O–H groups in total. The first-order valence-corrected chi connectivity index (χ1v) is 10.8. The predicted octanol–water partition coefficient (Wildman–Crippen LogP) is 2.97. The summed E-state index contributed by atoms with van der Waals surface area (Å²) in [6.45, 7) is 11.2. The fourth-order valence-electron chi connectivity index (χ4n) is 3.19. The number of nitrogens with one attached hydrogen (secondary N) is 4. The summed E-state index contributed by atoms with van der Waals surface area (Å²) in [5.74, 6) is 1.32. The van der Waals surface area contributed by atoms with Crippen LogP contribution in [0.1, 0.15) is 24.3 Å². The summed E-state index contributed by atoms with van der Waals surface area (Å²) in [7, 11) is 0. The maximum Gasteiger partial charge on any atom is 0.140 e. The van der Waals surface area contributed by atoms with Gasteiger partial charge in [0.15, 0.2) is 0 Å². The van der Waals surface area contributed by atoms with Crippen molar-refractivity contribution in [3.05, 3.63) is 46.2 Å². The molecule has 0 saturated carbocycles. The molecule has 0 radical (unpaired) electrons. The largest absolute Gasteiger partial charge is 0.491 e. The Morgan fingerprint density at radius 1 is 1.29 bits per heavy atom. The van der Waals surface area contributed by atoms with Crippen LogP contribution in [-0.4, -0.2) is 56.1 Å². The van der Waals surface area contributed by atoms with Gasteiger partial charge in [0.05, 0.1) is 11.0 Å². The van der Waals surface area contributed by atoms with E-state index in [4.69, 9.17) is 10.1 Å². The number of anilines is 1. The molecular formula is C21H31N5OS. The van der Waals surface area contributed by atoms with Crippen LogP contribution in [0.4, 0.5) is 5.69 Å². The number of hydrogen-bond donors (Lipinski definition) is 4. The summed E-state index contributed by atoms with van der Waals surface area (Å²) in [4.78, 5) is 3.41. The minimum Gasteiger partial charge on any atom is -0.491 e. The maximum atomic E-state index is 8.24. The van der Waals surface area contributed by atoms with E-state index in [1.807, 2.05) is 43.5 Å². The van der Waals surface area contributed by atoms with E-state index in [0.717, 1.165) is 67.7 Å². The zero-order chi connectivity index (χ0) is 19.8. The van der Waals surface area contributed by atoms with Gasteiger partial charge in [0.25, 0.3) is 0 Å². The van der Waals surface area contributed by atoms with Crippen molar-refractivity contribution in [2.75, 3.05) is 44.6 Å². The Bertz CT molecular complexity index is 741. The van der Waals surface area contributed by atoms with Gasteiger partial charge in [0.2, 0.25) is 0 Å². The molecule has 1 aliphatic rings. The van der Waals surface area contributed by atoms with Crippen molar-refractivity contribution in [1.82, 2.24) is 15.5 Å². The molecule has 0 amide bonds. The number of piperazine rings is 1. The SMILES string of the molecule is CC(C)Oc1ccc(NC(=N)c2cccs2)cc1CNCCN1CCNCC1. The van der Waals surface area contributed by atoms with Gasteiger partial charge in [-0.1, -0.05) is 6.07 Å². The van der Waals surface area contributed by atoms with Gasteiger partial charge in [-0.3, -0.25) is 10.3 Å². The van der Waals surface area contributed by atoms with E-state index in [9.17, 15) is 0 Å². The Labute approximate surface area is 171 Å². The molecule has 28 heavy (non-hydrogen) atoms. The highest BCUT2D eigenvalue weighted by molar-refractivity contribution is 7.12. The quantitative estimate of drug-likeness (QED) is 0.295. The highest BCUT2D eigenvalue weighted by Gasteiger charge is 2.11. The van der Waals surface area contributed by atoms with Crippen molar-refractivity contribution >= 4 is 22.9 Å². The van der Waals surface area contributed by atoms with Crippen LogP contribution in [-0.2, 0) is 6.54 Å². The van der Waals surface area contributed by atoms with Crippen LogP contribution in [0, 0.1) is 5.41 Å². The molecule has 1 saturated heterocycles. The van der Waals surface area contributed by atoms with Crippen molar-refractivity contribution in [2.24, 2.45) is 0 Å². The minimum atomic E-state index is 0.128. The molecule has 0 aliphatic carbocycles. The normalized spacial score (nSPS) is 15.0. The maximum absolute atomic E-state index is 8.24. The van der Waals surface area contributed by atoms with Gasteiger partial charge in [-0.2, -0.15) is 0 Å². The second kappa shape index (κ2) is 10.6. The molecule has 152 valence electrons. The topological polar surface area (TPSA) is 72.4 Å². The lowest BCUT2D eigenvalue weighted by Crippen LogP contribution is -2.45. The fraction of sp³-hybridized carbons (Fsp3) is 0.476. The summed E-state index contributed by atoms with van der Waals surface area (Å²) in [5.41, 5.74) is 2.02. The van der Waals surface area contributed by atoms with Crippen molar-refractivity contribution in [3.63, 3.8) is 0 Å². The van der Waals surface area contributed by atoms with Crippen molar-refractivity contribution in [2.45, 2.75) is 26.5 Å². The number of benzene rings is 1. The van der Waals surface area contributed by atoms with Gasteiger partial charge in [-0.05, 0) is 43.5 Å². The Balaban J connectivity index is 1.59. The second-order valence-electron chi connectivity index (χ2n) is 7.23. The molecule has 2 aromatic rings. The van der Waals surface area contributed by atoms with Crippen LogP contribution < -0.4 is 20.7 Å². The Morgan fingerprint density at radius 2 is 2.11 bits per heavy atom. The second-order valence-corrected chi connectivity index (χ2v) is 8.18. The van der Waals surface area contributed by atoms with Crippen LogP contribution >= 0.6 is 11.3 Å². The van der Waals surface area contributed by atoms with Gasteiger partial charge in [0.1, 0.15) is 11.6 Å². The molecule has 0 unspecified atom stereocenters. The monoisotopic (exact) mass is 401 g/mol. The van der Waals surface area contributed by atoms with Crippen molar-refractivity contribution in [3.8, 4) is 5.75 Å². The Kier molecular flexibility index (Phi) is 7.85. The van der Waals surface area contributed by atoms with Gasteiger partial charge >= 0.3 is 0 Å². The van der Waals surface area contributed by atoms with Crippen LogP contribution in [0.5, 0.6) is 5.75 Å². The summed E-state index contributed by atoms with van der Waals surface area (Å²) in [5, 5.41) is 20.4. The Morgan fingerprint density at radius 3 is 2.82 bits per heavy atom. The third-order valence-corrected chi connectivity index (χ3v) is 5.48. The third kappa shape index (κ3) is 6.31. The molecular weight excluding hydrogens is 370 g/mol. The molecule has 1 aromatic heterocycles. The summed E-state index contributed by atoms with van der Waals surface area (Å²) in [6, 6.07) is 9.97. The first-order chi connectivity index (χ1) is 13.6. The van der Waals surface area contributed by atoms with Gasteiger partial charge in [-0.15, -0.1) is 11.3 Å². The molecule has 0 atom stereocenters. The van der Waals surface area contributed by atoms with E-state index >= 15 is 0 Å². The number of nitrogens with zero attached hydrogens (tertiary/aromatic N) is 1. The molecule has 1 fully saturated rings. The summed E-state index contributed by atoms with van der Waals surface area (Å²) in [6.07, 6.45) is 0.128. The molecule has 0 spiro atoms. The average Bonchev–Trinajstić information content (AvgIpc) is 3.22. The van der Waals surface area contributed by atoms with Crippen LogP contribution in [0.15, 0.2) is 35.7 Å². The van der Waals surface area contributed by atoms with E-state index < -0.39 is 0 Å². The van der Waals surface area contributed by atoms with Gasteiger partial charge < -0.3 is 20.7 Å². The van der Waals surface area contributed by atoms with E-state index in [1.54, 1.807) is 11.3 Å². The van der Waals surface area contributed by atoms with Gasteiger partial charge in [-0.25, -0.2) is 0 Å². The Hall–Kier alpha value is -1.93. The van der Waals surface area contributed by atoms with Crippen LogP contribution in [0.2, 0.25) is 0 Å². The molecule has 0 bridgehead atoms. The van der Waals surface area contributed by atoms with E-state index in [-0.39, 0.29) is 6.10 Å². The number of hydrogen-bond acceptors (Lipinski definition) is 6. The fourth-order valence-corrected chi connectivity index (χ4v) is 3.82. The zero-order valence-corrected chi connectivity index (χ0v) is 17.6. The van der Waals surface area contributed by atoms with E-state index in [1.165, 1.54) is 0 Å². The number of ether oxygens (including phenoxy) is 1. The number of amidine groups is 1. The molecule has 6 nitrogen and oxygen atoms in total. The summed E-state index contributed by atoms with van der Waals surface area (Å²) >= 11 is 1.56. The van der Waals surface area contributed by atoms with Gasteiger partial charge in [0, 0.05) is 57.1 Å². The lowest BCUT2D eigenvalue weighted by Gasteiger charge is -2.27. The highest BCUT2D eigenvalue weighted by atomic mass is 32.1. The lowest BCUT2D eigenvalue weighted by molar-refractivity contribution is 0.236.